The van der Waals surface area contributed by atoms with Crippen LogP contribution in [0, 0.1) is 10.1 Å². The summed E-state index contributed by atoms with van der Waals surface area (Å²) in [6.45, 7) is 1.46. The van der Waals surface area contributed by atoms with E-state index < -0.39 is 28.8 Å². The van der Waals surface area contributed by atoms with Crippen LogP contribution < -0.4 is 5.73 Å². The highest BCUT2D eigenvalue weighted by molar-refractivity contribution is 5.76. The summed E-state index contributed by atoms with van der Waals surface area (Å²) in [6, 6.07) is 1.43. The Morgan fingerprint density at radius 3 is 2.79 bits per heavy atom. The van der Waals surface area contributed by atoms with Gasteiger partial charge in [-0.2, -0.15) is 0 Å². The fourth-order valence-electron chi connectivity index (χ4n) is 1.50. The van der Waals surface area contributed by atoms with Gasteiger partial charge < -0.3 is 15.6 Å². The van der Waals surface area contributed by atoms with Gasteiger partial charge in [0.25, 0.3) is 5.69 Å². The number of alkyl halides is 1. The maximum absolute atomic E-state index is 13.7. The van der Waals surface area contributed by atoms with E-state index in [1.807, 2.05) is 0 Å². The highest BCUT2D eigenvalue weighted by Crippen LogP contribution is 2.30. The third kappa shape index (κ3) is 3.38. The molecule has 0 saturated heterocycles. The van der Waals surface area contributed by atoms with Crippen LogP contribution in [0.5, 0.6) is 5.75 Å². The fourth-order valence-corrected chi connectivity index (χ4v) is 1.50. The van der Waals surface area contributed by atoms with E-state index in [2.05, 4.69) is 4.74 Å². The van der Waals surface area contributed by atoms with Crippen molar-refractivity contribution in [3.63, 3.8) is 0 Å². The monoisotopic (exact) mass is 272 g/mol. The predicted octanol–water partition coefficient (Wildman–Crippen LogP) is 1.20. The van der Waals surface area contributed by atoms with Gasteiger partial charge in [0.15, 0.2) is 0 Å². The Morgan fingerprint density at radius 2 is 2.26 bits per heavy atom. The first-order valence-electron chi connectivity index (χ1n) is 5.42. The van der Waals surface area contributed by atoms with E-state index in [0.29, 0.717) is 0 Å². The first-order valence-corrected chi connectivity index (χ1v) is 5.42. The molecule has 104 valence electrons. The number of nitro benzene ring substituents is 1. The average molecular weight is 272 g/mol. The van der Waals surface area contributed by atoms with Gasteiger partial charge in [0.2, 0.25) is 6.17 Å². The number of nitro groups is 1. The summed E-state index contributed by atoms with van der Waals surface area (Å²) < 4.78 is 18.2. The number of ether oxygens (including phenoxy) is 1. The number of carbonyl (C=O) groups excluding carboxylic acids is 1. The molecule has 19 heavy (non-hydrogen) atoms. The lowest BCUT2D eigenvalue weighted by atomic mass is 10.0. The number of hydrogen-bond acceptors (Lipinski definition) is 6. The Bertz CT molecular complexity index is 494. The maximum atomic E-state index is 13.7. The van der Waals surface area contributed by atoms with Gasteiger partial charge in [-0.25, -0.2) is 9.18 Å². The zero-order valence-corrected chi connectivity index (χ0v) is 10.1. The number of nitrogens with two attached hydrogens (primary N) is 1. The number of nitrogens with zero attached hydrogens (tertiary/aromatic N) is 1. The van der Waals surface area contributed by atoms with Gasteiger partial charge in [-0.3, -0.25) is 10.1 Å². The topological polar surface area (TPSA) is 116 Å². The second-order valence-electron chi connectivity index (χ2n) is 3.68. The molecule has 0 bridgehead atoms. The molecule has 8 heteroatoms. The SMILES string of the molecule is CCOC(=O)C(F)[C@H](N)c1cc(O)ccc1[N+](=O)[O-]. The third-order valence-corrected chi connectivity index (χ3v) is 2.39. The van der Waals surface area contributed by atoms with Crippen molar-refractivity contribution in [3.05, 3.63) is 33.9 Å². The van der Waals surface area contributed by atoms with Crippen molar-refractivity contribution in [2.24, 2.45) is 5.73 Å². The molecule has 0 spiro atoms. The summed E-state index contributed by atoms with van der Waals surface area (Å²) in [7, 11) is 0. The molecule has 0 saturated carbocycles. The van der Waals surface area contributed by atoms with Crippen LogP contribution in [0.4, 0.5) is 10.1 Å². The molecule has 0 aliphatic carbocycles. The second-order valence-corrected chi connectivity index (χ2v) is 3.68. The molecule has 3 N–H and O–H groups in total. The molecule has 0 radical (unpaired) electrons. The first kappa shape index (κ1) is 14.8. The van der Waals surface area contributed by atoms with Gasteiger partial charge in [0, 0.05) is 6.07 Å². The van der Waals surface area contributed by atoms with Gasteiger partial charge in [-0.1, -0.05) is 0 Å². The van der Waals surface area contributed by atoms with Crippen LogP contribution in [-0.4, -0.2) is 28.8 Å². The molecule has 0 heterocycles. The van der Waals surface area contributed by atoms with Crippen LogP contribution in [-0.2, 0) is 9.53 Å². The summed E-state index contributed by atoms with van der Waals surface area (Å²) >= 11 is 0. The van der Waals surface area contributed by atoms with Crippen LogP contribution in [0.3, 0.4) is 0 Å². The minimum atomic E-state index is -2.25. The third-order valence-electron chi connectivity index (χ3n) is 2.39. The zero-order valence-electron chi connectivity index (χ0n) is 10.1. The quantitative estimate of drug-likeness (QED) is 0.472. The minimum absolute atomic E-state index is 0.0336. The largest absolute Gasteiger partial charge is 0.508 e. The van der Waals surface area contributed by atoms with Crippen LogP contribution in [0.15, 0.2) is 18.2 Å². The molecular formula is C11H13FN2O5. The highest BCUT2D eigenvalue weighted by atomic mass is 19.1. The Hall–Kier alpha value is -2.22. The van der Waals surface area contributed by atoms with Crippen molar-refractivity contribution < 1.29 is 24.0 Å². The van der Waals surface area contributed by atoms with Gasteiger partial charge in [-0.15, -0.1) is 0 Å². The number of carbonyl (C=O) groups is 1. The maximum Gasteiger partial charge on any atom is 0.342 e. The molecule has 0 aliphatic heterocycles. The highest BCUT2D eigenvalue weighted by Gasteiger charge is 2.32. The van der Waals surface area contributed by atoms with E-state index in [1.165, 1.54) is 6.92 Å². The van der Waals surface area contributed by atoms with E-state index >= 15 is 0 Å². The fraction of sp³-hybridized carbons (Fsp3) is 0.364. The van der Waals surface area contributed by atoms with Crippen molar-refractivity contribution in [1.29, 1.82) is 0 Å². The number of phenols is 1. The molecule has 1 unspecified atom stereocenters. The van der Waals surface area contributed by atoms with Crippen molar-refractivity contribution in [3.8, 4) is 5.75 Å². The van der Waals surface area contributed by atoms with E-state index in [0.717, 1.165) is 18.2 Å². The summed E-state index contributed by atoms with van der Waals surface area (Å²) in [4.78, 5) is 21.2. The number of halogens is 1. The lowest BCUT2D eigenvalue weighted by molar-refractivity contribution is -0.385. The van der Waals surface area contributed by atoms with Gasteiger partial charge >= 0.3 is 5.97 Å². The lowest BCUT2D eigenvalue weighted by Gasteiger charge is -2.16. The summed E-state index contributed by atoms with van der Waals surface area (Å²) in [5.74, 6) is -1.51. The molecule has 0 aromatic heterocycles. The zero-order chi connectivity index (χ0) is 14.6. The number of rotatable bonds is 5. The number of esters is 1. The molecule has 1 rings (SSSR count). The van der Waals surface area contributed by atoms with Crippen LogP contribution >= 0.6 is 0 Å². The minimum Gasteiger partial charge on any atom is -0.508 e. The van der Waals surface area contributed by atoms with E-state index in [9.17, 15) is 24.4 Å². The average Bonchev–Trinajstić information content (AvgIpc) is 2.36. The summed E-state index contributed by atoms with van der Waals surface area (Å²) in [5.41, 5.74) is 4.74. The van der Waals surface area contributed by atoms with Crippen LogP contribution in [0.25, 0.3) is 0 Å². The summed E-state index contributed by atoms with van der Waals surface area (Å²) in [6.07, 6.45) is -2.25. The van der Waals surface area contributed by atoms with E-state index in [4.69, 9.17) is 5.73 Å². The molecule has 1 aromatic carbocycles. The smallest absolute Gasteiger partial charge is 0.342 e. The molecular weight excluding hydrogens is 259 g/mol. The molecule has 1 aromatic rings. The van der Waals surface area contributed by atoms with Crippen molar-refractivity contribution >= 4 is 11.7 Å². The van der Waals surface area contributed by atoms with Crippen LogP contribution in [0.2, 0.25) is 0 Å². The standard InChI is InChI=1S/C11H13FN2O5/c1-2-19-11(16)9(12)10(13)7-5-6(15)3-4-8(7)14(17)18/h3-5,9-10,15H,2,13H2,1H3/t9?,10-/m1/s1. The van der Waals surface area contributed by atoms with Crippen molar-refractivity contribution in [2.75, 3.05) is 6.61 Å². The molecule has 0 fully saturated rings. The first-order chi connectivity index (χ1) is 8.88. The Morgan fingerprint density at radius 1 is 1.63 bits per heavy atom. The Labute approximate surface area is 107 Å². The molecule has 7 nitrogen and oxygen atoms in total. The van der Waals surface area contributed by atoms with E-state index in [-0.39, 0.29) is 17.9 Å². The van der Waals surface area contributed by atoms with Gasteiger partial charge in [0.05, 0.1) is 23.1 Å². The number of phenolic OH excluding ortho intramolecular Hbond substituents is 1. The lowest BCUT2D eigenvalue weighted by Crippen LogP contribution is -2.32. The summed E-state index contributed by atoms with van der Waals surface area (Å²) in [5, 5.41) is 20.1. The number of benzene rings is 1. The van der Waals surface area contributed by atoms with Gasteiger partial charge in [0.1, 0.15) is 5.75 Å². The predicted molar refractivity (Wildman–Crippen MR) is 63.2 cm³/mol. The number of aromatic hydroxyl groups is 1. The van der Waals surface area contributed by atoms with Gasteiger partial charge in [-0.05, 0) is 19.1 Å². The van der Waals surface area contributed by atoms with Crippen molar-refractivity contribution in [1.82, 2.24) is 0 Å². The number of hydrogen-bond donors (Lipinski definition) is 2. The normalized spacial score (nSPS) is 13.6. The molecule has 2 atom stereocenters. The van der Waals surface area contributed by atoms with Crippen LogP contribution in [0.1, 0.15) is 18.5 Å². The Kier molecular flexibility index (Phi) is 4.76. The molecule has 0 amide bonds. The molecule has 0 aliphatic rings. The van der Waals surface area contributed by atoms with Crippen molar-refractivity contribution in [2.45, 2.75) is 19.1 Å². The van der Waals surface area contributed by atoms with E-state index in [1.54, 1.807) is 0 Å². The second kappa shape index (κ2) is 6.10. The Balaban J connectivity index is 3.10.